The lowest BCUT2D eigenvalue weighted by atomic mass is 10.1. The van der Waals surface area contributed by atoms with Gasteiger partial charge in [0, 0.05) is 18.2 Å². The van der Waals surface area contributed by atoms with E-state index in [1.165, 1.54) is 6.07 Å². The molecule has 23 heavy (non-hydrogen) atoms. The highest BCUT2D eigenvalue weighted by atomic mass is 32.2. The molecular weight excluding hydrogens is 314 g/mol. The van der Waals surface area contributed by atoms with Crippen molar-refractivity contribution in [1.29, 1.82) is 0 Å². The number of ether oxygens (including phenoxy) is 1. The van der Waals surface area contributed by atoms with Gasteiger partial charge in [-0.1, -0.05) is 42.5 Å². The second-order valence-electron chi connectivity index (χ2n) is 5.25. The van der Waals surface area contributed by atoms with Crippen LogP contribution in [-0.4, -0.2) is 20.6 Å². The van der Waals surface area contributed by atoms with Crippen LogP contribution >= 0.6 is 0 Å². The summed E-state index contributed by atoms with van der Waals surface area (Å²) in [6, 6.07) is 14.3. The molecule has 0 fully saturated rings. The predicted octanol–water partition coefficient (Wildman–Crippen LogP) is 2.35. The van der Waals surface area contributed by atoms with Crippen molar-refractivity contribution in [2.75, 3.05) is 12.0 Å². The molecule has 0 unspecified atom stereocenters. The average molecular weight is 333 g/mol. The molecule has 0 radical (unpaired) electrons. The maximum Gasteiger partial charge on any atom is 0.306 e. The first kappa shape index (κ1) is 17.0. The number of hydrogen-bond acceptors (Lipinski definition) is 5. The molecule has 0 spiro atoms. The van der Waals surface area contributed by atoms with E-state index >= 15 is 0 Å². The van der Waals surface area contributed by atoms with E-state index in [4.69, 9.17) is 10.5 Å². The van der Waals surface area contributed by atoms with Crippen molar-refractivity contribution < 1.29 is 17.9 Å². The Morgan fingerprint density at radius 2 is 1.78 bits per heavy atom. The molecule has 6 heteroatoms. The summed E-state index contributed by atoms with van der Waals surface area (Å²) in [5.41, 5.74) is 7.53. The fourth-order valence-electron chi connectivity index (χ4n) is 2.16. The molecule has 2 aromatic rings. The highest BCUT2D eigenvalue weighted by Crippen LogP contribution is 2.23. The zero-order valence-electron chi connectivity index (χ0n) is 12.9. The van der Waals surface area contributed by atoms with Crippen LogP contribution in [0, 0.1) is 0 Å². The number of sulfone groups is 1. The number of para-hydroxylation sites is 1. The molecular formula is C17H19NO4S. The van der Waals surface area contributed by atoms with Crippen molar-refractivity contribution in [2.24, 2.45) is 0 Å². The minimum atomic E-state index is -3.41. The molecule has 0 saturated carbocycles. The maximum absolute atomic E-state index is 11.8. The van der Waals surface area contributed by atoms with Crippen molar-refractivity contribution >= 4 is 21.5 Å². The predicted molar refractivity (Wildman–Crippen MR) is 88.5 cm³/mol. The van der Waals surface area contributed by atoms with Gasteiger partial charge in [0.15, 0.2) is 9.84 Å². The number of anilines is 1. The van der Waals surface area contributed by atoms with E-state index in [9.17, 15) is 13.2 Å². The quantitative estimate of drug-likeness (QED) is 0.648. The molecule has 122 valence electrons. The standard InChI is InChI=1S/C17H19NO4S/c1-23(20,21)15-9-5-8-14(17(15)18)12-22-16(19)11-10-13-6-3-2-4-7-13/h2-9H,10-12,18H2,1H3. The van der Waals surface area contributed by atoms with Crippen LogP contribution in [0.1, 0.15) is 17.5 Å². The number of rotatable bonds is 6. The summed E-state index contributed by atoms with van der Waals surface area (Å²) in [5, 5.41) is 0. The van der Waals surface area contributed by atoms with Gasteiger partial charge in [-0.2, -0.15) is 0 Å². The second-order valence-corrected chi connectivity index (χ2v) is 7.23. The summed E-state index contributed by atoms with van der Waals surface area (Å²) in [6.07, 6.45) is 1.95. The summed E-state index contributed by atoms with van der Waals surface area (Å²) in [7, 11) is -3.41. The number of esters is 1. The van der Waals surface area contributed by atoms with Gasteiger partial charge in [-0.15, -0.1) is 0 Å². The first-order valence-electron chi connectivity index (χ1n) is 7.15. The van der Waals surface area contributed by atoms with Crippen LogP contribution in [0.2, 0.25) is 0 Å². The third-order valence-electron chi connectivity index (χ3n) is 3.41. The maximum atomic E-state index is 11.8. The Bertz CT molecular complexity index is 785. The molecule has 2 aromatic carbocycles. The van der Waals surface area contributed by atoms with Crippen molar-refractivity contribution in [3.63, 3.8) is 0 Å². The summed E-state index contributed by atoms with van der Waals surface area (Å²) in [5.74, 6) is -0.349. The molecule has 0 aromatic heterocycles. The van der Waals surface area contributed by atoms with E-state index in [2.05, 4.69) is 0 Å². The Hall–Kier alpha value is -2.34. The van der Waals surface area contributed by atoms with E-state index in [0.29, 0.717) is 12.0 Å². The molecule has 2 N–H and O–H groups in total. The van der Waals surface area contributed by atoms with Gasteiger partial charge < -0.3 is 10.5 Å². The summed E-state index contributed by atoms with van der Waals surface area (Å²) in [4.78, 5) is 11.9. The molecule has 0 bridgehead atoms. The lowest BCUT2D eigenvalue weighted by molar-refractivity contribution is -0.144. The Morgan fingerprint density at radius 1 is 1.09 bits per heavy atom. The van der Waals surface area contributed by atoms with Gasteiger partial charge >= 0.3 is 5.97 Å². The van der Waals surface area contributed by atoms with E-state index < -0.39 is 9.84 Å². The zero-order valence-corrected chi connectivity index (χ0v) is 13.7. The Labute approximate surface area is 136 Å². The fraction of sp³-hybridized carbons (Fsp3) is 0.235. The topological polar surface area (TPSA) is 86.5 Å². The fourth-order valence-corrected chi connectivity index (χ4v) is 3.02. The summed E-state index contributed by atoms with van der Waals surface area (Å²) >= 11 is 0. The molecule has 0 aliphatic rings. The number of carbonyl (C=O) groups excluding carboxylic acids is 1. The van der Waals surface area contributed by atoms with Crippen LogP contribution < -0.4 is 5.73 Å². The van der Waals surface area contributed by atoms with E-state index in [1.54, 1.807) is 12.1 Å². The van der Waals surface area contributed by atoms with E-state index in [0.717, 1.165) is 11.8 Å². The number of carbonyl (C=O) groups is 1. The monoisotopic (exact) mass is 333 g/mol. The molecule has 0 heterocycles. The number of nitrogens with two attached hydrogens (primary N) is 1. The number of hydrogen-bond donors (Lipinski definition) is 1. The SMILES string of the molecule is CS(=O)(=O)c1cccc(COC(=O)CCc2ccccc2)c1N. The normalized spacial score (nSPS) is 11.2. The number of aryl methyl sites for hydroxylation is 1. The second kappa shape index (κ2) is 7.28. The lowest BCUT2D eigenvalue weighted by Crippen LogP contribution is -2.09. The van der Waals surface area contributed by atoms with E-state index in [-0.39, 0.29) is 29.6 Å². The molecule has 0 saturated heterocycles. The van der Waals surface area contributed by atoms with Crippen molar-refractivity contribution in [3.8, 4) is 0 Å². The molecule has 2 rings (SSSR count). The largest absolute Gasteiger partial charge is 0.461 e. The van der Waals surface area contributed by atoms with Crippen LogP contribution in [0.3, 0.4) is 0 Å². The van der Waals surface area contributed by atoms with Crippen LogP contribution in [0.5, 0.6) is 0 Å². The molecule has 0 aliphatic heterocycles. The first-order chi connectivity index (χ1) is 10.9. The summed E-state index contributed by atoms with van der Waals surface area (Å²) < 4.78 is 28.4. The minimum Gasteiger partial charge on any atom is -0.461 e. The molecule has 0 atom stereocenters. The summed E-state index contributed by atoms with van der Waals surface area (Å²) in [6.45, 7) is -0.0389. The first-order valence-corrected chi connectivity index (χ1v) is 9.04. The molecule has 5 nitrogen and oxygen atoms in total. The van der Waals surface area contributed by atoms with E-state index in [1.807, 2.05) is 30.3 Å². The lowest BCUT2D eigenvalue weighted by Gasteiger charge is -2.10. The zero-order chi connectivity index (χ0) is 16.9. The van der Waals surface area contributed by atoms with Crippen molar-refractivity contribution in [1.82, 2.24) is 0 Å². The van der Waals surface area contributed by atoms with Gasteiger partial charge in [0.05, 0.1) is 10.6 Å². The van der Waals surface area contributed by atoms with Gasteiger partial charge in [0.1, 0.15) is 6.61 Å². The molecule has 0 amide bonds. The minimum absolute atomic E-state index is 0.0389. The van der Waals surface area contributed by atoms with Gasteiger partial charge in [0.2, 0.25) is 0 Å². The smallest absolute Gasteiger partial charge is 0.306 e. The highest BCUT2D eigenvalue weighted by Gasteiger charge is 2.15. The van der Waals surface area contributed by atoms with Crippen molar-refractivity contribution in [2.45, 2.75) is 24.3 Å². The van der Waals surface area contributed by atoms with Crippen LogP contribution in [0.4, 0.5) is 5.69 Å². The van der Waals surface area contributed by atoms with Crippen molar-refractivity contribution in [3.05, 3.63) is 59.7 Å². The van der Waals surface area contributed by atoms with Crippen LogP contribution in [-0.2, 0) is 32.4 Å². The van der Waals surface area contributed by atoms with Gasteiger partial charge in [-0.05, 0) is 18.1 Å². The number of nitrogen functional groups attached to an aromatic ring is 1. The third-order valence-corrected chi connectivity index (χ3v) is 4.56. The average Bonchev–Trinajstić information content (AvgIpc) is 2.52. The molecule has 0 aliphatic carbocycles. The van der Waals surface area contributed by atoms with Crippen LogP contribution in [0.15, 0.2) is 53.4 Å². The van der Waals surface area contributed by atoms with Crippen LogP contribution in [0.25, 0.3) is 0 Å². The third kappa shape index (κ3) is 4.82. The highest BCUT2D eigenvalue weighted by molar-refractivity contribution is 7.90. The van der Waals surface area contributed by atoms with Gasteiger partial charge in [0.25, 0.3) is 0 Å². The Balaban J connectivity index is 1.94. The van der Waals surface area contributed by atoms with Gasteiger partial charge in [-0.25, -0.2) is 8.42 Å². The Kier molecular flexibility index (Phi) is 5.39. The van der Waals surface area contributed by atoms with Gasteiger partial charge in [-0.3, -0.25) is 4.79 Å². The number of benzene rings is 2. The Morgan fingerprint density at radius 3 is 2.43 bits per heavy atom.